The number of benzene rings is 3. The molecule has 1 fully saturated rings. The van der Waals surface area contributed by atoms with E-state index in [0.29, 0.717) is 6.61 Å². The third-order valence-corrected chi connectivity index (χ3v) is 6.28. The highest BCUT2D eigenvalue weighted by atomic mass is 19.1. The molecule has 0 radical (unpaired) electrons. The van der Waals surface area contributed by atoms with Gasteiger partial charge in [0.25, 0.3) is 0 Å². The van der Waals surface area contributed by atoms with Crippen LogP contribution in [-0.2, 0) is 13.2 Å². The van der Waals surface area contributed by atoms with Gasteiger partial charge in [0.15, 0.2) is 0 Å². The summed E-state index contributed by atoms with van der Waals surface area (Å²) in [6.07, 6.45) is 2.39. The van der Waals surface area contributed by atoms with E-state index in [1.807, 2.05) is 0 Å². The molecule has 0 amide bonds. The van der Waals surface area contributed by atoms with Gasteiger partial charge < -0.3 is 19.9 Å². The Kier molecular flexibility index (Phi) is 8.10. The van der Waals surface area contributed by atoms with Gasteiger partial charge >= 0.3 is 0 Å². The predicted octanol–water partition coefficient (Wildman–Crippen LogP) is 4.68. The van der Waals surface area contributed by atoms with Crippen LogP contribution in [-0.4, -0.2) is 56.1 Å². The second-order valence-corrected chi connectivity index (χ2v) is 8.71. The average molecular weight is 436 g/mol. The maximum absolute atomic E-state index is 13.2. The molecule has 4 rings (SSSR count). The van der Waals surface area contributed by atoms with E-state index in [4.69, 9.17) is 4.74 Å². The Morgan fingerprint density at radius 2 is 1.69 bits per heavy atom. The summed E-state index contributed by atoms with van der Waals surface area (Å²) >= 11 is 0. The number of piperazine rings is 1. The number of nitrogens with zero attached hydrogens (tertiary/aromatic N) is 2. The zero-order valence-electron chi connectivity index (χ0n) is 19.0. The Labute approximate surface area is 191 Å². The molecule has 1 aliphatic rings. The first kappa shape index (κ1) is 22.7. The van der Waals surface area contributed by atoms with Crippen molar-refractivity contribution >= 4 is 10.8 Å². The molecule has 0 unspecified atom stereocenters. The molecule has 32 heavy (non-hydrogen) atoms. The number of nitrogens with one attached hydrogen (secondary N) is 1. The van der Waals surface area contributed by atoms with Crippen molar-refractivity contribution in [2.75, 3.05) is 46.3 Å². The van der Waals surface area contributed by atoms with E-state index < -0.39 is 0 Å². The molecule has 0 saturated carbocycles. The van der Waals surface area contributed by atoms with E-state index in [0.717, 1.165) is 24.4 Å². The van der Waals surface area contributed by atoms with Crippen LogP contribution in [0.3, 0.4) is 0 Å². The van der Waals surface area contributed by atoms with Crippen molar-refractivity contribution in [2.45, 2.75) is 26.0 Å². The van der Waals surface area contributed by atoms with Crippen LogP contribution in [0.4, 0.5) is 4.39 Å². The molecule has 170 valence electrons. The topological polar surface area (TPSA) is 27.7 Å². The fraction of sp³-hybridized carbons (Fsp3) is 0.407. The lowest BCUT2D eigenvalue weighted by molar-refractivity contribution is 0.152. The highest BCUT2D eigenvalue weighted by molar-refractivity contribution is 5.87. The third kappa shape index (κ3) is 6.28. The minimum absolute atomic E-state index is 0.225. The van der Waals surface area contributed by atoms with E-state index in [1.165, 1.54) is 74.0 Å². The molecular weight excluding hydrogens is 401 g/mol. The van der Waals surface area contributed by atoms with E-state index in [9.17, 15) is 4.39 Å². The molecule has 3 aromatic rings. The van der Waals surface area contributed by atoms with E-state index in [-0.39, 0.29) is 5.82 Å². The SMILES string of the molecule is CN1CCN(CCCCNCc2c(OCc3ccc(F)cc3)ccc3ccccc23)CC1. The summed E-state index contributed by atoms with van der Waals surface area (Å²) in [6.45, 7) is 8.12. The molecule has 1 saturated heterocycles. The molecule has 0 spiro atoms. The minimum Gasteiger partial charge on any atom is -0.489 e. The summed E-state index contributed by atoms with van der Waals surface area (Å²) in [4.78, 5) is 4.98. The molecule has 5 heteroatoms. The molecular formula is C27H34FN3O. The number of rotatable bonds is 10. The molecule has 1 heterocycles. The van der Waals surface area contributed by atoms with E-state index in [2.05, 4.69) is 58.6 Å². The average Bonchev–Trinajstić information content (AvgIpc) is 2.82. The van der Waals surface area contributed by atoms with Gasteiger partial charge in [-0.2, -0.15) is 0 Å². The van der Waals surface area contributed by atoms with Crippen LogP contribution in [0.15, 0.2) is 60.7 Å². The first-order valence-corrected chi connectivity index (χ1v) is 11.7. The summed E-state index contributed by atoms with van der Waals surface area (Å²) < 4.78 is 19.3. The first-order valence-electron chi connectivity index (χ1n) is 11.7. The van der Waals surface area contributed by atoms with Gasteiger partial charge in [-0.05, 0) is 67.5 Å². The fourth-order valence-electron chi connectivity index (χ4n) is 4.25. The summed E-state index contributed by atoms with van der Waals surface area (Å²) in [5.74, 6) is 0.662. The zero-order chi connectivity index (χ0) is 22.2. The van der Waals surface area contributed by atoms with Gasteiger partial charge in [0.1, 0.15) is 18.2 Å². The summed E-state index contributed by atoms with van der Waals surface area (Å²) in [7, 11) is 2.20. The molecule has 4 nitrogen and oxygen atoms in total. The molecule has 0 atom stereocenters. The van der Waals surface area contributed by atoms with E-state index in [1.54, 1.807) is 12.1 Å². The van der Waals surface area contributed by atoms with Crippen molar-refractivity contribution < 1.29 is 9.13 Å². The standard InChI is InChI=1S/C27H34FN3O/c1-30-16-18-31(19-17-30)15-5-4-14-29-20-26-25-7-3-2-6-23(25)10-13-27(26)32-21-22-8-11-24(28)12-9-22/h2-3,6-13,29H,4-5,14-21H2,1H3. The molecule has 0 bridgehead atoms. The van der Waals surface area contributed by atoms with Gasteiger partial charge in [0, 0.05) is 38.3 Å². The number of likely N-dealkylation sites (N-methyl/N-ethyl adjacent to an activating group) is 1. The van der Waals surface area contributed by atoms with Gasteiger partial charge in [-0.25, -0.2) is 4.39 Å². The van der Waals surface area contributed by atoms with Crippen molar-refractivity contribution in [3.8, 4) is 5.75 Å². The predicted molar refractivity (Wildman–Crippen MR) is 130 cm³/mol. The lowest BCUT2D eigenvalue weighted by Crippen LogP contribution is -2.44. The zero-order valence-corrected chi connectivity index (χ0v) is 19.0. The number of hydrogen-bond donors (Lipinski definition) is 1. The first-order chi connectivity index (χ1) is 15.7. The monoisotopic (exact) mass is 435 g/mol. The van der Waals surface area contributed by atoms with Crippen LogP contribution in [0.5, 0.6) is 5.75 Å². The highest BCUT2D eigenvalue weighted by Gasteiger charge is 2.13. The Morgan fingerprint density at radius 1 is 0.906 bits per heavy atom. The van der Waals surface area contributed by atoms with Crippen LogP contribution < -0.4 is 10.1 Å². The van der Waals surface area contributed by atoms with Gasteiger partial charge in [-0.3, -0.25) is 0 Å². The smallest absolute Gasteiger partial charge is 0.124 e. The van der Waals surface area contributed by atoms with Crippen LogP contribution in [0, 0.1) is 5.82 Å². The van der Waals surface area contributed by atoms with Crippen LogP contribution in [0.25, 0.3) is 10.8 Å². The van der Waals surface area contributed by atoms with Crippen LogP contribution in [0.2, 0.25) is 0 Å². The van der Waals surface area contributed by atoms with Gasteiger partial charge in [0.05, 0.1) is 0 Å². The summed E-state index contributed by atoms with van der Waals surface area (Å²) in [5.41, 5.74) is 2.15. The van der Waals surface area contributed by atoms with Crippen molar-refractivity contribution in [3.63, 3.8) is 0 Å². The normalized spacial score (nSPS) is 15.3. The fourth-order valence-corrected chi connectivity index (χ4v) is 4.25. The van der Waals surface area contributed by atoms with Crippen molar-refractivity contribution in [1.82, 2.24) is 15.1 Å². The maximum Gasteiger partial charge on any atom is 0.124 e. The Morgan fingerprint density at radius 3 is 2.50 bits per heavy atom. The Hall–Kier alpha value is -2.47. The number of unbranched alkanes of at least 4 members (excludes halogenated alkanes) is 1. The van der Waals surface area contributed by atoms with Crippen LogP contribution in [0.1, 0.15) is 24.0 Å². The van der Waals surface area contributed by atoms with Gasteiger partial charge in [-0.1, -0.05) is 42.5 Å². The number of fused-ring (bicyclic) bond motifs is 1. The third-order valence-electron chi connectivity index (χ3n) is 6.28. The molecule has 1 N–H and O–H groups in total. The van der Waals surface area contributed by atoms with Crippen molar-refractivity contribution in [3.05, 3.63) is 77.6 Å². The molecule has 1 aliphatic heterocycles. The second kappa shape index (κ2) is 11.4. The molecule has 3 aromatic carbocycles. The minimum atomic E-state index is -0.225. The Balaban J connectivity index is 1.31. The lowest BCUT2D eigenvalue weighted by atomic mass is 10.0. The number of halogens is 1. The Bertz CT molecular complexity index is 984. The number of hydrogen-bond acceptors (Lipinski definition) is 4. The molecule has 0 aromatic heterocycles. The quantitative estimate of drug-likeness (QED) is 0.468. The second-order valence-electron chi connectivity index (χ2n) is 8.71. The highest BCUT2D eigenvalue weighted by Crippen LogP contribution is 2.29. The van der Waals surface area contributed by atoms with Gasteiger partial charge in [0.2, 0.25) is 0 Å². The largest absolute Gasteiger partial charge is 0.489 e. The molecule has 0 aliphatic carbocycles. The van der Waals surface area contributed by atoms with Crippen molar-refractivity contribution in [2.24, 2.45) is 0 Å². The lowest BCUT2D eigenvalue weighted by Gasteiger charge is -2.32. The van der Waals surface area contributed by atoms with Crippen LogP contribution >= 0.6 is 0 Å². The summed E-state index contributed by atoms with van der Waals surface area (Å²) in [5, 5.41) is 6.06. The van der Waals surface area contributed by atoms with Gasteiger partial charge in [-0.15, -0.1) is 0 Å². The maximum atomic E-state index is 13.2. The van der Waals surface area contributed by atoms with Crippen molar-refractivity contribution in [1.29, 1.82) is 0 Å². The number of ether oxygens (including phenoxy) is 1. The summed E-state index contributed by atoms with van der Waals surface area (Å²) in [6, 6.07) is 19.1. The van der Waals surface area contributed by atoms with E-state index >= 15 is 0 Å².